The lowest BCUT2D eigenvalue weighted by molar-refractivity contribution is -0.148. The van der Waals surface area contributed by atoms with E-state index in [0.29, 0.717) is 19.4 Å². The molecule has 1 saturated heterocycles. The summed E-state index contributed by atoms with van der Waals surface area (Å²) < 4.78 is 0. The van der Waals surface area contributed by atoms with E-state index < -0.39 is 11.9 Å². The van der Waals surface area contributed by atoms with Crippen LogP contribution in [0.5, 0.6) is 0 Å². The van der Waals surface area contributed by atoms with Crippen molar-refractivity contribution in [1.82, 2.24) is 4.90 Å². The highest BCUT2D eigenvalue weighted by Gasteiger charge is 2.35. The number of nitrogens with zero attached hydrogens (tertiary/aromatic N) is 1. The van der Waals surface area contributed by atoms with Crippen LogP contribution < -0.4 is 0 Å². The number of amides is 1. The Balaban J connectivity index is 2.03. The molecule has 2 atom stereocenters. The maximum absolute atomic E-state index is 12.3. The van der Waals surface area contributed by atoms with E-state index in [9.17, 15) is 9.59 Å². The number of carboxylic acids is 1. The maximum atomic E-state index is 12.3. The van der Waals surface area contributed by atoms with E-state index in [1.165, 1.54) is 4.88 Å². The third-order valence-electron chi connectivity index (χ3n) is 3.75. The first kappa shape index (κ1) is 14.1. The Morgan fingerprint density at radius 2 is 2.21 bits per heavy atom. The lowest BCUT2D eigenvalue weighted by atomic mass is 9.90. The standard InChI is InChI=1S/C14H19NO3S/c1-9-5-6-11(19-9)8-13(16)15-7-3-4-12(10(15)2)14(17)18/h5-6,10,12H,3-4,7-8H2,1-2H3,(H,17,18)/t10-,12-/m1/s1. The second kappa shape index (κ2) is 5.74. The zero-order chi connectivity index (χ0) is 14.0. The Kier molecular flexibility index (Phi) is 4.24. The molecule has 0 saturated carbocycles. The van der Waals surface area contributed by atoms with Gasteiger partial charge in [0, 0.05) is 22.3 Å². The van der Waals surface area contributed by atoms with Gasteiger partial charge in [-0.25, -0.2) is 0 Å². The summed E-state index contributed by atoms with van der Waals surface area (Å²) in [5.41, 5.74) is 0. The fourth-order valence-corrected chi connectivity index (χ4v) is 3.54. The minimum absolute atomic E-state index is 0.0419. The number of aliphatic carboxylic acids is 1. The first-order valence-corrected chi connectivity index (χ1v) is 7.38. The molecule has 1 aromatic heterocycles. The third kappa shape index (κ3) is 3.15. The highest BCUT2D eigenvalue weighted by atomic mass is 32.1. The third-order valence-corrected chi connectivity index (χ3v) is 4.75. The van der Waals surface area contributed by atoms with Crippen LogP contribution in [0.15, 0.2) is 12.1 Å². The molecule has 4 nitrogen and oxygen atoms in total. The van der Waals surface area contributed by atoms with E-state index >= 15 is 0 Å². The molecule has 104 valence electrons. The molecule has 0 bridgehead atoms. The van der Waals surface area contributed by atoms with Crippen molar-refractivity contribution in [3.05, 3.63) is 21.9 Å². The molecule has 0 aromatic carbocycles. The molecule has 2 rings (SSSR count). The molecule has 5 heteroatoms. The van der Waals surface area contributed by atoms with Gasteiger partial charge in [-0.05, 0) is 38.8 Å². The predicted molar refractivity (Wildman–Crippen MR) is 74.3 cm³/mol. The van der Waals surface area contributed by atoms with Gasteiger partial charge in [0.1, 0.15) is 0 Å². The van der Waals surface area contributed by atoms with Crippen LogP contribution >= 0.6 is 11.3 Å². The second-order valence-electron chi connectivity index (χ2n) is 5.10. The van der Waals surface area contributed by atoms with Gasteiger partial charge in [0.2, 0.25) is 5.91 Å². The molecule has 2 heterocycles. The average molecular weight is 281 g/mol. The maximum Gasteiger partial charge on any atom is 0.308 e. The first-order chi connectivity index (χ1) is 8.99. The van der Waals surface area contributed by atoms with Crippen molar-refractivity contribution < 1.29 is 14.7 Å². The van der Waals surface area contributed by atoms with E-state index in [2.05, 4.69) is 0 Å². The smallest absolute Gasteiger partial charge is 0.308 e. The Bertz CT molecular complexity index is 483. The molecule has 0 radical (unpaired) electrons. The van der Waals surface area contributed by atoms with Crippen LogP contribution in [0, 0.1) is 12.8 Å². The first-order valence-electron chi connectivity index (χ1n) is 6.56. The molecule has 1 amide bonds. The van der Waals surface area contributed by atoms with Crippen molar-refractivity contribution >= 4 is 23.2 Å². The largest absolute Gasteiger partial charge is 0.481 e. The molecule has 0 spiro atoms. The monoisotopic (exact) mass is 281 g/mol. The average Bonchev–Trinajstić information content (AvgIpc) is 2.74. The highest BCUT2D eigenvalue weighted by molar-refractivity contribution is 7.12. The Morgan fingerprint density at radius 1 is 1.47 bits per heavy atom. The molecule has 1 N–H and O–H groups in total. The van der Waals surface area contributed by atoms with Gasteiger partial charge in [-0.1, -0.05) is 0 Å². The summed E-state index contributed by atoms with van der Waals surface area (Å²) in [4.78, 5) is 27.4. The number of aryl methyl sites for hydroxylation is 1. The number of hydrogen-bond donors (Lipinski definition) is 1. The van der Waals surface area contributed by atoms with Gasteiger partial charge >= 0.3 is 5.97 Å². The van der Waals surface area contributed by atoms with Crippen molar-refractivity contribution in [1.29, 1.82) is 0 Å². The summed E-state index contributed by atoms with van der Waals surface area (Å²) in [5.74, 6) is -1.18. The summed E-state index contributed by atoms with van der Waals surface area (Å²) in [6.45, 7) is 4.53. The molecule has 1 aliphatic rings. The van der Waals surface area contributed by atoms with Crippen LogP contribution in [-0.4, -0.2) is 34.5 Å². The fraction of sp³-hybridized carbons (Fsp3) is 0.571. The SMILES string of the molecule is Cc1ccc(CC(=O)N2CCC[C@@H](C(=O)O)[C@H]2C)s1. The fourth-order valence-electron chi connectivity index (χ4n) is 2.66. The number of thiophene rings is 1. The van der Waals surface area contributed by atoms with Gasteiger partial charge in [-0.15, -0.1) is 11.3 Å². The molecular formula is C14H19NO3S. The summed E-state index contributed by atoms with van der Waals surface area (Å²) in [6.07, 6.45) is 1.82. The van der Waals surface area contributed by atoms with Gasteiger partial charge in [0.15, 0.2) is 0 Å². The van der Waals surface area contributed by atoms with E-state index in [1.54, 1.807) is 16.2 Å². The zero-order valence-corrected chi connectivity index (χ0v) is 12.1. The van der Waals surface area contributed by atoms with E-state index in [4.69, 9.17) is 5.11 Å². The molecule has 19 heavy (non-hydrogen) atoms. The predicted octanol–water partition coefficient (Wildman–Crippen LogP) is 2.31. The van der Waals surface area contributed by atoms with Crippen LogP contribution in [-0.2, 0) is 16.0 Å². The van der Waals surface area contributed by atoms with Crippen LogP contribution in [0.1, 0.15) is 29.5 Å². The van der Waals surface area contributed by atoms with Crippen LogP contribution in [0.4, 0.5) is 0 Å². The van der Waals surface area contributed by atoms with E-state index in [0.717, 1.165) is 11.3 Å². The second-order valence-corrected chi connectivity index (χ2v) is 6.48. The van der Waals surface area contributed by atoms with Crippen molar-refractivity contribution in [2.45, 2.75) is 39.2 Å². The summed E-state index contributed by atoms with van der Waals surface area (Å²) >= 11 is 1.62. The number of likely N-dealkylation sites (tertiary alicyclic amines) is 1. The van der Waals surface area contributed by atoms with E-state index in [-0.39, 0.29) is 11.9 Å². The van der Waals surface area contributed by atoms with Gasteiger partial charge in [0.25, 0.3) is 0 Å². The Morgan fingerprint density at radius 3 is 2.79 bits per heavy atom. The highest BCUT2D eigenvalue weighted by Crippen LogP contribution is 2.25. The van der Waals surface area contributed by atoms with Crippen molar-refractivity contribution in [3.63, 3.8) is 0 Å². The van der Waals surface area contributed by atoms with Crippen molar-refractivity contribution in [3.8, 4) is 0 Å². The van der Waals surface area contributed by atoms with Crippen LogP contribution in [0.3, 0.4) is 0 Å². The van der Waals surface area contributed by atoms with Gasteiger partial charge in [-0.3, -0.25) is 9.59 Å². The lowest BCUT2D eigenvalue weighted by Crippen LogP contribution is -2.49. The zero-order valence-electron chi connectivity index (χ0n) is 11.3. The molecule has 0 unspecified atom stereocenters. The summed E-state index contributed by atoms with van der Waals surface area (Å²) in [5, 5.41) is 9.17. The number of carboxylic acid groups (broad SMARTS) is 1. The lowest BCUT2D eigenvalue weighted by Gasteiger charge is -2.37. The van der Waals surface area contributed by atoms with Crippen LogP contribution in [0.2, 0.25) is 0 Å². The van der Waals surface area contributed by atoms with Crippen molar-refractivity contribution in [2.24, 2.45) is 5.92 Å². The summed E-state index contributed by atoms with van der Waals surface area (Å²) in [7, 11) is 0. The topological polar surface area (TPSA) is 57.6 Å². The molecule has 1 aliphatic heterocycles. The number of rotatable bonds is 3. The minimum atomic E-state index is -0.794. The molecule has 1 fully saturated rings. The quantitative estimate of drug-likeness (QED) is 0.925. The van der Waals surface area contributed by atoms with Gasteiger partial charge < -0.3 is 10.0 Å². The molecule has 0 aliphatic carbocycles. The van der Waals surface area contributed by atoms with Crippen molar-refractivity contribution in [2.75, 3.05) is 6.54 Å². The van der Waals surface area contributed by atoms with Gasteiger partial charge in [0.05, 0.1) is 12.3 Å². The minimum Gasteiger partial charge on any atom is -0.481 e. The Hall–Kier alpha value is -1.36. The Labute approximate surface area is 117 Å². The summed E-state index contributed by atoms with van der Waals surface area (Å²) in [6, 6.07) is 3.77. The van der Waals surface area contributed by atoms with E-state index in [1.807, 2.05) is 26.0 Å². The molecule has 1 aromatic rings. The molecular weight excluding hydrogens is 262 g/mol. The number of hydrogen-bond acceptors (Lipinski definition) is 3. The van der Waals surface area contributed by atoms with Gasteiger partial charge in [-0.2, -0.15) is 0 Å². The number of carbonyl (C=O) groups is 2. The van der Waals surface area contributed by atoms with Crippen LogP contribution in [0.25, 0.3) is 0 Å². The number of carbonyl (C=O) groups excluding carboxylic acids is 1. The number of piperidine rings is 1. The normalized spacial score (nSPS) is 23.4.